The minimum absolute atomic E-state index is 0.00962. The van der Waals surface area contributed by atoms with Gasteiger partial charge in [0.2, 0.25) is 5.91 Å². The normalized spacial score (nSPS) is 19.7. The van der Waals surface area contributed by atoms with Crippen LogP contribution in [-0.2, 0) is 4.79 Å². The van der Waals surface area contributed by atoms with E-state index in [9.17, 15) is 9.18 Å². The lowest BCUT2D eigenvalue weighted by Gasteiger charge is -2.17. The Morgan fingerprint density at radius 3 is 2.91 bits per heavy atom. The van der Waals surface area contributed by atoms with Gasteiger partial charge in [-0.15, -0.1) is 0 Å². The molecule has 1 amide bonds. The maximum absolute atomic E-state index is 13.4. The maximum atomic E-state index is 13.4. The Morgan fingerprint density at radius 2 is 2.18 bits per heavy atom. The average molecular weight is 303 g/mol. The Bertz CT molecular complexity index is 641. The topological polar surface area (TPSA) is 42.7 Å². The van der Waals surface area contributed by atoms with Crippen LogP contribution in [0.1, 0.15) is 18.1 Å². The predicted molar refractivity (Wildman–Crippen MR) is 79.1 cm³/mol. The zero-order chi connectivity index (χ0) is 15.5. The van der Waals surface area contributed by atoms with Crippen LogP contribution in [0.15, 0.2) is 47.1 Å². The number of halogens is 1. The van der Waals surface area contributed by atoms with Crippen molar-refractivity contribution in [2.45, 2.75) is 12.3 Å². The number of carbonyl (C=O) groups excluding carboxylic acids is 1. The smallest absolute Gasteiger partial charge is 0.226 e. The predicted octanol–water partition coefficient (Wildman–Crippen LogP) is 3.06. The molecule has 5 heteroatoms. The van der Waals surface area contributed by atoms with Gasteiger partial charge in [0.05, 0.1) is 12.8 Å². The first-order valence-corrected chi connectivity index (χ1v) is 7.32. The summed E-state index contributed by atoms with van der Waals surface area (Å²) in [6.07, 6.45) is 2.45. The molecule has 2 atom stereocenters. The van der Waals surface area contributed by atoms with Crippen molar-refractivity contribution in [3.63, 3.8) is 0 Å². The Kier molecular flexibility index (Phi) is 4.13. The van der Waals surface area contributed by atoms with Crippen LogP contribution < -0.4 is 4.74 Å². The van der Waals surface area contributed by atoms with E-state index in [1.54, 1.807) is 36.4 Å². The van der Waals surface area contributed by atoms with Crippen molar-refractivity contribution in [2.24, 2.45) is 5.92 Å². The molecule has 2 aromatic rings. The second-order valence-corrected chi connectivity index (χ2v) is 5.50. The van der Waals surface area contributed by atoms with Gasteiger partial charge in [-0.1, -0.05) is 12.1 Å². The molecule has 1 aromatic carbocycles. The molecule has 1 heterocycles. The number of ether oxygens (including phenoxy) is 1. The molecule has 0 saturated heterocycles. The molecular weight excluding hydrogens is 285 g/mol. The van der Waals surface area contributed by atoms with E-state index < -0.39 is 5.82 Å². The molecule has 3 rings (SSSR count). The number of carbonyl (C=O) groups is 1. The van der Waals surface area contributed by atoms with Gasteiger partial charge in [-0.2, -0.15) is 0 Å². The third kappa shape index (κ3) is 3.13. The molecule has 0 aliphatic heterocycles. The van der Waals surface area contributed by atoms with Crippen molar-refractivity contribution >= 4 is 5.91 Å². The summed E-state index contributed by atoms with van der Waals surface area (Å²) >= 11 is 0. The largest absolute Gasteiger partial charge is 0.489 e. The highest BCUT2D eigenvalue weighted by molar-refractivity contribution is 5.82. The number of hydrogen-bond acceptors (Lipinski definition) is 3. The second-order valence-electron chi connectivity index (χ2n) is 5.50. The zero-order valence-electron chi connectivity index (χ0n) is 12.4. The molecule has 1 saturated carbocycles. The molecule has 0 spiro atoms. The molecule has 0 radical (unpaired) electrons. The highest BCUT2D eigenvalue weighted by Crippen LogP contribution is 2.48. The van der Waals surface area contributed by atoms with E-state index in [4.69, 9.17) is 9.15 Å². The molecule has 2 unspecified atom stereocenters. The first-order valence-electron chi connectivity index (χ1n) is 7.32. The van der Waals surface area contributed by atoms with E-state index in [1.807, 2.05) is 12.1 Å². The van der Waals surface area contributed by atoms with E-state index in [-0.39, 0.29) is 30.1 Å². The quantitative estimate of drug-likeness (QED) is 0.823. The minimum Gasteiger partial charge on any atom is -0.489 e. The minimum atomic E-state index is -0.392. The van der Waals surface area contributed by atoms with E-state index in [0.29, 0.717) is 6.54 Å². The molecule has 1 fully saturated rings. The van der Waals surface area contributed by atoms with Crippen molar-refractivity contribution < 1.29 is 18.3 Å². The van der Waals surface area contributed by atoms with Crippen molar-refractivity contribution in [2.75, 3.05) is 20.2 Å². The number of nitrogens with zero attached hydrogens (tertiary/aromatic N) is 1. The Labute approximate surface area is 128 Å². The van der Waals surface area contributed by atoms with Crippen LogP contribution in [0, 0.1) is 11.7 Å². The van der Waals surface area contributed by atoms with Crippen molar-refractivity contribution in [3.05, 3.63) is 54.2 Å². The SMILES string of the molecule is CN(CCOc1ccccc1F)C(=O)C1CC1c1ccco1. The maximum Gasteiger partial charge on any atom is 0.226 e. The number of amides is 1. The fourth-order valence-electron chi connectivity index (χ4n) is 2.53. The number of para-hydroxylation sites is 1. The van der Waals surface area contributed by atoms with Gasteiger partial charge in [0.15, 0.2) is 11.6 Å². The van der Waals surface area contributed by atoms with Gasteiger partial charge in [0.1, 0.15) is 12.4 Å². The molecule has 1 aromatic heterocycles. The molecule has 4 nitrogen and oxygen atoms in total. The molecule has 116 valence electrons. The molecule has 22 heavy (non-hydrogen) atoms. The van der Waals surface area contributed by atoms with Crippen LogP contribution in [0.3, 0.4) is 0 Å². The Hall–Kier alpha value is -2.30. The number of likely N-dealkylation sites (N-methyl/N-ethyl adjacent to an activating group) is 1. The van der Waals surface area contributed by atoms with Gasteiger partial charge in [0.25, 0.3) is 0 Å². The van der Waals surface area contributed by atoms with E-state index >= 15 is 0 Å². The summed E-state index contributed by atoms with van der Waals surface area (Å²) in [5, 5.41) is 0. The molecular formula is C17H18FNO3. The van der Waals surface area contributed by atoms with Gasteiger partial charge >= 0.3 is 0 Å². The summed E-state index contributed by atoms with van der Waals surface area (Å²) in [5.41, 5.74) is 0. The lowest BCUT2D eigenvalue weighted by Crippen LogP contribution is -2.32. The summed E-state index contributed by atoms with van der Waals surface area (Å²) < 4.78 is 24.1. The molecule has 0 bridgehead atoms. The van der Waals surface area contributed by atoms with Crippen LogP contribution in [0.2, 0.25) is 0 Å². The van der Waals surface area contributed by atoms with Gasteiger partial charge in [0, 0.05) is 18.9 Å². The number of rotatable bonds is 6. The first-order chi connectivity index (χ1) is 10.7. The van der Waals surface area contributed by atoms with Gasteiger partial charge in [-0.25, -0.2) is 4.39 Å². The van der Waals surface area contributed by atoms with Gasteiger partial charge in [-0.05, 0) is 30.7 Å². The first kappa shape index (κ1) is 14.6. The van der Waals surface area contributed by atoms with Crippen molar-refractivity contribution in [1.82, 2.24) is 4.90 Å². The van der Waals surface area contributed by atoms with Crippen molar-refractivity contribution in [1.29, 1.82) is 0 Å². The number of benzene rings is 1. The fraction of sp³-hybridized carbons (Fsp3) is 0.353. The number of hydrogen-bond donors (Lipinski definition) is 0. The summed E-state index contributed by atoms with van der Waals surface area (Å²) in [4.78, 5) is 13.9. The van der Waals surface area contributed by atoms with Crippen LogP contribution in [-0.4, -0.2) is 31.0 Å². The molecule has 1 aliphatic rings. The summed E-state index contributed by atoms with van der Waals surface area (Å²) in [6.45, 7) is 0.690. The lowest BCUT2D eigenvalue weighted by molar-refractivity contribution is -0.131. The third-order valence-corrected chi connectivity index (χ3v) is 3.91. The summed E-state index contributed by atoms with van der Waals surface area (Å²) in [5.74, 6) is 0.953. The van der Waals surface area contributed by atoms with E-state index in [1.165, 1.54) is 6.07 Å². The van der Waals surface area contributed by atoms with Crippen molar-refractivity contribution in [3.8, 4) is 5.75 Å². The Morgan fingerprint density at radius 1 is 1.36 bits per heavy atom. The lowest BCUT2D eigenvalue weighted by atomic mass is 10.2. The third-order valence-electron chi connectivity index (χ3n) is 3.91. The zero-order valence-corrected chi connectivity index (χ0v) is 12.4. The Balaban J connectivity index is 1.46. The summed E-state index contributed by atoms with van der Waals surface area (Å²) in [6, 6.07) is 9.98. The van der Waals surface area contributed by atoms with Crippen LogP contribution in [0.25, 0.3) is 0 Å². The summed E-state index contributed by atoms with van der Waals surface area (Å²) in [7, 11) is 1.74. The van der Waals surface area contributed by atoms with E-state index in [0.717, 1.165) is 12.2 Å². The number of furan rings is 1. The standard InChI is InChI=1S/C17H18FNO3/c1-19(8-10-22-16-6-3-2-5-14(16)18)17(20)13-11-12(13)15-7-4-9-21-15/h2-7,9,12-13H,8,10-11H2,1H3. The van der Waals surface area contributed by atoms with Gasteiger partial charge < -0.3 is 14.1 Å². The van der Waals surface area contributed by atoms with Crippen LogP contribution in [0.5, 0.6) is 5.75 Å². The van der Waals surface area contributed by atoms with Crippen LogP contribution in [0.4, 0.5) is 4.39 Å². The van der Waals surface area contributed by atoms with Crippen LogP contribution >= 0.6 is 0 Å². The monoisotopic (exact) mass is 303 g/mol. The average Bonchev–Trinajstić information content (AvgIpc) is 3.13. The molecule has 1 aliphatic carbocycles. The van der Waals surface area contributed by atoms with Gasteiger partial charge in [-0.3, -0.25) is 4.79 Å². The van der Waals surface area contributed by atoms with E-state index in [2.05, 4.69) is 0 Å². The highest BCUT2D eigenvalue weighted by atomic mass is 19.1. The fourth-order valence-corrected chi connectivity index (χ4v) is 2.53. The molecule has 0 N–H and O–H groups in total. The second kappa shape index (κ2) is 6.22. The highest BCUT2D eigenvalue weighted by Gasteiger charge is 2.46.